The van der Waals surface area contributed by atoms with Crippen molar-refractivity contribution in [3.05, 3.63) is 47.4 Å². The van der Waals surface area contributed by atoms with Crippen LogP contribution in [0.1, 0.15) is 36.2 Å². The van der Waals surface area contributed by atoms with Crippen molar-refractivity contribution < 1.29 is 18.3 Å². The maximum atomic E-state index is 14.2. The molecule has 1 aliphatic heterocycles. The smallest absolute Gasteiger partial charge is 0.277 e. The molecule has 1 aromatic carbocycles. The molecule has 2 aliphatic rings. The number of ether oxygens (including phenoxy) is 1. The summed E-state index contributed by atoms with van der Waals surface area (Å²) < 4.78 is 33.9. The molecule has 0 bridgehead atoms. The molecule has 35 heavy (non-hydrogen) atoms. The van der Waals surface area contributed by atoms with E-state index in [0.717, 1.165) is 36.3 Å². The average Bonchev–Trinajstić information content (AvgIpc) is 3.60. The SMILES string of the molecule is COC1CCN(C(=NC2CC2)/C(=C\N)NC(=O)c2nc(-c3c(F)cccc3F)sc2N)CCC1N. The lowest BCUT2D eigenvalue weighted by molar-refractivity contribution is 0.0769. The molecule has 2 heterocycles. The molecule has 1 saturated heterocycles. The third-order valence-corrected chi connectivity index (χ3v) is 6.95. The molecule has 4 rings (SSSR count). The van der Waals surface area contributed by atoms with E-state index in [9.17, 15) is 13.6 Å². The van der Waals surface area contributed by atoms with Crippen molar-refractivity contribution in [3.63, 3.8) is 0 Å². The second-order valence-electron chi connectivity index (χ2n) is 8.55. The highest BCUT2D eigenvalue weighted by Gasteiger charge is 2.30. The lowest BCUT2D eigenvalue weighted by atomic mass is 10.1. The van der Waals surface area contributed by atoms with E-state index in [1.54, 1.807) is 7.11 Å². The molecule has 2 aromatic rings. The van der Waals surface area contributed by atoms with Gasteiger partial charge in [0.15, 0.2) is 5.69 Å². The van der Waals surface area contributed by atoms with Crippen molar-refractivity contribution >= 4 is 28.1 Å². The van der Waals surface area contributed by atoms with Crippen molar-refractivity contribution in [2.45, 2.75) is 43.9 Å². The van der Waals surface area contributed by atoms with Crippen LogP contribution < -0.4 is 22.5 Å². The minimum atomic E-state index is -0.791. The Kier molecular flexibility index (Phi) is 7.63. The summed E-state index contributed by atoms with van der Waals surface area (Å²) in [4.78, 5) is 24.1. The zero-order valence-corrected chi connectivity index (χ0v) is 20.2. The molecule has 1 saturated carbocycles. The van der Waals surface area contributed by atoms with E-state index in [1.165, 1.54) is 12.3 Å². The lowest BCUT2D eigenvalue weighted by Gasteiger charge is -2.26. The Morgan fingerprint density at radius 1 is 1.26 bits per heavy atom. The summed E-state index contributed by atoms with van der Waals surface area (Å²) in [5.41, 5.74) is 18.0. The van der Waals surface area contributed by atoms with Crippen molar-refractivity contribution in [1.82, 2.24) is 15.2 Å². The van der Waals surface area contributed by atoms with Crippen LogP contribution in [-0.2, 0) is 4.74 Å². The van der Waals surface area contributed by atoms with Gasteiger partial charge in [-0.15, -0.1) is 0 Å². The van der Waals surface area contributed by atoms with E-state index in [-0.39, 0.29) is 39.5 Å². The molecule has 0 radical (unpaired) electrons. The van der Waals surface area contributed by atoms with Crippen molar-refractivity contribution in [2.75, 3.05) is 25.9 Å². The van der Waals surface area contributed by atoms with Crippen molar-refractivity contribution in [3.8, 4) is 10.6 Å². The third-order valence-electron chi connectivity index (χ3n) is 6.05. The summed E-state index contributed by atoms with van der Waals surface area (Å²) in [6, 6.07) is 3.54. The van der Waals surface area contributed by atoms with Gasteiger partial charge < -0.3 is 32.2 Å². The van der Waals surface area contributed by atoms with Crippen LogP contribution in [0.3, 0.4) is 0 Å². The van der Waals surface area contributed by atoms with Crippen LogP contribution in [-0.4, -0.2) is 60.0 Å². The third kappa shape index (κ3) is 5.60. The summed E-state index contributed by atoms with van der Waals surface area (Å²) in [6.45, 7) is 1.25. The maximum Gasteiger partial charge on any atom is 0.277 e. The number of nitrogens with two attached hydrogens (primary N) is 3. The number of nitrogens with zero attached hydrogens (tertiary/aromatic N) is 3. The van der Waals surface area contributed by atoms with Crippen LogP contribution in [0.2, 0.25) is 0 Å². The molecule has 1 aromatic heterocycles. The molecule has 0 spiro atoms. The van der Waals surface area contributed by atoms with Crippen LogP contribution in [0.25, 0.3) is 10.6 Å². The quantitative estimate of drug-likeness (QED) is 0.348. The zero-order valence-electron chi connectivity index (χ0n) is 19.3. The largest absolute Gasteiger partial charge is 0.403 e. The summed E-state index contributed by atoms with van der Waals surface area (Å²) in [7, 11) is 1.64. The predicted molar refractivity (Wildman–Crippen MR) is 132 cm³/mol. The topological polar surface area (TPSA) is 145 Å². The Morgan fingerprint density at radius 3 is 2.57 bits per heavy atom. The number of nitrogens with one attached hydrogen (secondary N) is 1. The number of nitrogen functional groups attached to an aromatic ring is 1. The lowest BCUT2D eigenvalue weighted by Crippen LogP contribution is -2.40. The number of halogens is 2. The van der Waals surface area contributed by atoms with Gasteiger partial charge in [0.25, 0.3) is 5.91 Å². The van der Waals surface area contributed by atoms with Gasteiger partial charge in [-0.1, -0.05) is 17.4 Å². The summed E-state index contributed by atoms with van der Waals surface area (Å²) in [6.07, 6.45) is 4.50. The summed E-state index contributed by atoms with van der Waals surface area (Å²) in [5, 5.41) is 2.75. The molecule has 9 nitrogen and oxygen atoms in total. The number of thiazole rings is 1. The van der Waals surface area contributed by atoms with Crippen LogP contribution in [0.4, 0.5) is 13.8 Å². The fourth-order valence-corrected chi connectivity index (χ4v) is 4.84. The Hall–Kier alpha value is -3.09. The first kappa shape index (κ1) is 25.0. The van der Waals surface area contributed by atoms with Crippen LogP contribution in [0, 0.1) is 11.6 Å². The number of likely N-dealkylation sites (tertiary alicyclic amines) is 1. The molecular weight excluding hydrogens is 476 g/mol. The molecule has 12 heteroatoms. The number of amidine groups is 1. The summed E-state index contributed by atoms with van der Waals surface area (Å²) in [5.74, 6) is -1.67. The standard InChI is InChI=1S/C23H29F2N7O2S/c1-34-17-8-10-32(9-7-15(17)27)21(29-12-5-6-12)16(11-26)30-22(33)19-20(28)35-23(31-19)18-13(24)3-2-4-14(18)25/h2-4,11-12,15,17H,5-10,26-28H2,1H3,(H,30,33)/b16-11+,29-21?. The van der Waals surface area contributed by atoms with Gasteiger partial charge in [-0.2, -0.15) is 0 Å². The molecule has 1 amide bonds. The highest BCUT2D eigenvalue weighted by atomic mass is 32.1. The number of anilines is 1. The fraction of sp³-hybridized carbons (Fsp3) is 0.435. The van der Waals surface area contributed by atoms with E-state index in [0.29, 0.717) is 37.5 Å². The van der Waals surface area contributed by atoms with E-state index in [1.807, 2.05) is 4.90 Å². The molecular formula is C23H29F2N7O2S. The van der Waals surface area contributed by atoms with Gasteiger partial charge in [0, 0.05) is 32.4 Å². The zero-order chi connectivity index (χ0) is 25.1. The number of hydrogen-bond donors (Lipinski definition) is 4. The highest BCUT2D eigenvalue weighted by molar-refractivity contribution is 7.19. The number of aliphatic imine (C=N–C) groups is 1. The highest BCUT2D eigenvalue weighted by Crippen LogP contribution is 2.33. The first-order valence-corrected chi connectivity index (χ1v) is 12.2. The average molecular weight is 506 g/mol. The van der Waals surface area contributed by atoms with Gasteiger partial charge in [-0.25, -0.2) is 13.8 Å². The summed E-state index contributed by atoms with van der Waals surface area (Å²) >= 11 is 0.828. The molecule has 2 unspecified atom stereocenters. The molecule has 188 valence electrons. The van der Waals surface area contributed by atoms with E-state index in [4.69, 9.17) is 26.9 Å². The molecule has 1 aliphatic carbocycles. The van der Waals surface area contributed by atoms with E-state index >= 15 is 0 Å². The number of methoxy groups -OCH3 is 1. The van der Waals surface area contributed by atoms with E-state index < -0.39 is 17.5 Å². The van der Waals surface area contributed by atoms with Gasteiger partial charge in [0.1, 0.15) is 27.5 Å². The van der Waals surface area contributed by atoms with Crippen LogP contribution in [0.15, 0.2) is 35.1 Å². The molecule has 2 atom stereocenters. The number of benzene rings is 1. The van der Waals surface area contributed by atoms with Crippen molar-refractivity contribution in [1.29, 1.82) is 0 Å². The Labute approximate surface area is 206 Å². The van der Waals surface area contributed by atoms with Gasteiger partial charge in [-0.3, -0.25) is 9.79 Å². The number of carbonyl (C=O) groups excluding carboxylic acids is 1. The first-order chi connectivity index (χ1) is 16.8. The Balaban J connectivity index is 1.57. The maximum absolute atomic E-state index is 14.2. The van der Waals surface area contributed by atoms with E-state index in [2.05, 4.69) is 10.3 Å². The number of aromatic nitrogens is 1. The first-order valence-electron chi connectivity index (χ1n) is 11.4. The van der Waals surface area contributed by atoms with Crippen molar-refractivity contribution in [2.24, 2.45) is 16.5 Å². The van der Waals surface area contributed by atoms with Gasteiger partial charge in [0.2, 0.25) is 0 Å². The Morgan fingerprint density at radius 2 is 1.94 bits per heavy atom. The normalized spacial score (nSPS) is 21.7. The number of carbonyl (C=O) groups is 1. The molecule has 7 N–H and O–H groups in total. The number of hydrogen-bond acceptors (Lipinski definition) is 8. The fourth-order valence-electron chi connectivity index (χ4n) is 3.96. The second kappa shape index (κ2) is 10.7. The number of amides is 1. The van der Waals surface area contributed by atoms with Crippen LogP contribution >= 0.6 is 11.3 Å². The predicted octanol–water partition coefficient (Wildman–Crippen LogP) is 2.20. The second-order valence-corrected chi connectivity index (χ2v) is 9.58. The monoisotopic (exact) mass is 505 g/mol. The minimum absolute atomic E-state index is 0.0273. The minimum Gasteiger partial charge on any atom is -0.403 e. The van der Waals surface area contributed by atoms with Gasteiger partial charge in [-0.05, 0) is 37.8 Å². The van der Waals surface area contributed by atoms with Gasteiger partial charge >= 0.3 is 0 Å². The van der Waals surface area contributed by atoms with Crippen LogP contribution in [0.5, 0.6) is 0 Å². The Bertz CT molecular complexity index is 1130. The number of rotatable bonds is 6. The van der Waals surface area contributed by atoms with Gasteiger partial charge in [0.05, 0.1) is 23.4 Å². The molecule has 2 fully saturated rings.